The van der Waals surface area contributed by atoms with Gasteiger partial charge in [-0.25, -0.2) is 14.4 Å². The third kappa shape index (κ3) is 46.4. The summed E-state index contributed by atoms with van der Waals surface area (Å²) in [6.45, 7) is 28.6. The molecule has 704 valence electrons. The maximum Gasteiger partial charge on any atom is 1.00 e. The number of ether oxygens (including phenoxy) is 6. The van der Waals surface area contributed by atoms with Crippen molar-refractivity contribution in [3.8, 4) is 33.4 Å². The zero-order valence-corrected chi connectivity index (χ0v) is 82.6. The third-order valence-electron chi connectivity index (χ3n) is 18.6. The molecule has 0 bridgehead atoms. The smallest absolute Gasteiger partial charge is 1.00 e. The summed E-state index contributed by atoms with van der Waals surface area (Å²) >= 11 is 8.19. The Morgan fingerprint density at radius 3 is 1.26 bits per heavy atom. The summed E-state index contributed by atoms with van der Waals surface area (Å²) < 4.78 is 45.5. The van der Waals surface area contributed by atoms with Gasteiger partial charge in [-0.2, -0.15) is 0 Å². The van der Waals surface area contributed by atoms with E-state index in [9.17, 15) is 52.3 Å². The van der Waals surface area contributed by atoms with Crippen LogP contribution >= 0.6 is 27.5 Å². The number of hydrogen-bond acceptors (Lipinski definition) is 28. The second-order valence-corrected chi connectivity index (χ2v) is 30.0. The number of piperazine rings is 4. The second kappa shape index (κ2) is 70.2. The van der Waals surface area contributed by atoms with E-state index in [1.54, 1.807) is 27.7 Å². The van der Waals surface area contributed by atoms with Crippen LogP contribution < -0.4 is 130 Å². The van der Waals surface area contributed by atoms with Gasteiger partial charge in [0.1, 0.15) is 38.2 Å². The molecule has 0 saturated carbocycles. The zero-order valence-electron chi connectivity index (χ0n) is 78.3. The van der Waals surface area contributed by atoms with Crippen LogP contribution in [0.3, 0.4) is 0 Å². The third-order valence-corrected chi connectivity index (χ3v) is 19.2. The van der Waals surface area contributed by atoms with Gasteiger partial charge in [0.25, 0.3) is 6.47 Å². The quantitative estimate of drug-likeness (QED) is 0.00711. The van der Waals surface area contributed by atoms with Gasteiger partial charge in [-0.3, -0.25) is 52.5 Å². The SMILES string of the molecule is CC(N)CN.CC1CN(C(=O)OCC2c3ccccc3-c3ccccc32)CC(=O)N1.CC1CNC(=O)CN1.CC1CNC(=O)CN1C(=O)OCC1c2ccccc2-c2ccccc21.CC1CNCC(=O)N1.CCO.CCOC(=O)CBr.CCOC(=O)CNC(C)CN.CCOC(=O)CNCC(C)N.O=C(Cl)OCC1c2ccccc2-c2ccccc21.O=CO[O-].[2H]CF.[H-].[Na+].[Na+]. The maximum absolute atomic E-state index is 12.5. The monoisotopic (exact) mass is 1910 g/mol. The Morgan fingerprint density at radius 2 is 0.946 bits per heavy atom. The molecule has 7 unspecified atom stereocenters. The van der Waals surface area contributed by atoms with E-state index in [2.05, 4.69) is 146 Å². The minimum absolute atomic E-state index is 0. The number of halogens is 3. The van der Waals surface area contributed by atoms with Crippen LogP contribution in [0.15, 0.2) is 146 Å². The molecule has 7 aliphatic rings. The predicted molar refractivity (Wildman–Crippen MR) is 488 cm³/mol. The average molecular weight is 1910 g/mol. The molecule has 0 radical (unpaired) electrons. The fraction of sp³-hybridized carbons (Fsp3) is 0.478. The van der Waals surface area contributed by atoms with Gasteiger partial charge in [0.15, 0.2) is 0 Å². The molecule has 34 nitrogen and oxygen atoms in total. The Kier molecular flexibility index (Phi) is 64.4. The van der Waals surface area contributed by atoms with E-state index in [4.69, 9.17) is 70.0 Å². The number of benzene rings is 6. The van der Waals surface area contributed by atoms with Crippen LogP contribution in [-0.4, -0.2) is 267 Å². The molecule has 4 fully saturated rings. The number of nitrogens with two attached hydrogens (primary N) is 4. The molecule has 129 heavy (non-hydrogen) atoms. The first-order valence-electron chi connectivity index (χ1n) is 42.4. The van der Waals surface area contributed by atoms with Crippen LogP contribution in [0.1, 0.15) is 130 Å². The van der Waals surface area contributed by atoms with Gasteiger partial charge in [-0.05, 0) is 143 Å². The fourth-order valence-electron chi connectivity index (χ4n) is 12.8. The molecule has 17 N–H and O–H groups in total. The molecule has 4 heterocycles. The Morgan fingerprint density at radius 1 is 0.566 bits per heavy atom. The molecular weight excluding hydrogens is 1780 g/mol. The van der Waals surface area contributed by atoms with Crippen molar-refractivity contribution in [2.24, 2.45) is 22.9 Å². The molecule has 6 aromatic rings. The van der Waals surface area contributed by atoms with Crippen molar-refractivity contribution in [1.82, 2.24) is 52.3 Å². The number of aliphatic hydroxyl groups excluding tert-OH is 1. The van der Waals surface area contributed by atoms with Crippen molar-refractivity contribution >= 4 is 93.2 Å². The van der Waals surface area contributed by atoms with Crippen molar-refractivity contribution in [1.29, 1.82) is 0 Å². The van der Waals surface area contributed by atoms with E-state index in [1.807, 2.05) is 121 Å². The van der Waals surface area contributed by atoms with Gasteiger partial charge in [-0.1, -0.05) is 162 Å². The first-order chi connectivity index (χ1) is 61.3. The molecule has 6 aromatic carbocycles. The Labute approximate surface area is 817 Å². The van der Waals surface area contributed by atoms with Crippen molar-refractivity contribution in [2.45, 2.75) is 136 Å². The maximum atomic E-state index is 12.5. The van der Waals surface area contributed by atoms with E-state index in [1.165, 1.54) is 76.6 Å². The minimum Gasteiger partial charge on any atom is -1.00 e. The number of hydrogen-bond donors (Lipinski definition) is 13. The number of aliphatic hydroxyl groups is 1. The van der Waals surface area contributed by atoms with Gasteiger partial charge in [0.2, 0.25) is 23.6 Å². The summed E-state index contributed by atoms with van der Waals surface area (Å²) in [6.07, 6.45) is -0.854. The summed E-state index contributed by atoms with van der Waals surface area (Å²) in [5, 5.41) is 39.1. The van der Waals surface area contributed by atoms with Gasteiger partial charge >= 0.3 is 94.6 Å². The average Bonchev–Trinajstić information content (AvgIpc) is 1.63. The van der Waals surface area contributed by atoms with E-state index in [-0.39, 0.29) is 209 Å². The molecule has 39 heteroatoms. The van der Waals surface area contributed by atoms with E-state index >= 15 is 0 Å². The van der Waals surface area contributed by atoms with E-state index in [0.717, 1.165) is 13.1 Å². The fourth-order valence-corrected chi connectivity index (χ4v) is 13.0. The first-order valence-corrected chi connectivity index (χ1v) is 43.2. The second-order valence-electron chi connectivity index (χ2n) is 29.1. The number of esters is 3. The molecule has 4 aliphatic heterocycles. The normalized spacial score (nSPS) is 16.5. The summed E-state index contributed by atoms with van der Waals surface area (Å²) in [5.41, 5.74) is 34.5. The van der Waals surface area contributed by atoms with Crippen LogP contribution in [0.2, 0.25) is 0 Å². The van der Waals surface area contributed by atoms with Gasteiger partial charge in [0, 0.05) is 118 Å². The van der Waals surface area contributed by atoms with Crippen molar-refractivity contribution in [3.05, 3.63) is 179 Å². The number of amides is 6. The van der Waals surface area contributed by atoms with Crippen molar-refractivity contribution < 1.29 is 163 Å². The molecule has 0 spiro atoms. The minimum atomic E-state index is -1.00. The number of nitrogens with zero attached hydrogens (tertiary/aromatic N) is 2. The zero-order chi connectivity index (χ0) is 95.5. The number of carbonyl (C=O) groups is 11. The molecule has 3 aliphatic carbocycles. The predicted octanol–water partition coefficient (Wildman–Crippen LogP) is 0.223. The standard InChI is InChI=1S/2C20H20N2O3.C15H11ClO2.2C7H16N2O2.2C5H10N2O.C4H7BrO2.C3H10N2.C2H6O.CH3F.CH2O3.2Na.H/c1-13-10-22(11-19(23)21-13)20(24)25-12-18-16-8-4-2-6-14(16)15-7-3-5-9-17(15)18;1-13-10-21-19(23)11-22(13)20(24)25-12-18-16-8-4-2-6-14(16)15-7-3-5-9-17(15)18;16-15(17)18-9-14-12-7-3-1-5-10(12)11-6-2-4-8-13(11)14;1-3-11-7(10)5-9-4-6(2)8;1-3-11-7(10)5-9-6(2)4-8;1-4-2-7-5(8)3-6-4;1-4-2-6-3-5(8)7-4;1-2-7-4(6)3-5;1-3(5)2-4;1-2-3;1-2;2-1-4-3;;;/h2*2-9,13,18H,10-12H2,1H3,(H,21,23);1-8,14H,9H2;2*6,9H,3-5,8H2,1-2H3;2*4,6H,2-3H2,1H3,(H,7,8);2-3H2,1H3;3H,2,4-5H2,1H3;3H,2H2,1H3;1H3;1,3H;;;/q;;;;;;;;;;;;2*+1;-1/p-1/i;;;;;;;;;;1D;;;;. The number of nitrogens with one attached hydrogen (secondary N) is 8. The summed E-state index contributed by atoms with van der Waals surface area (Å²) in [5.74, 6) is -0.605. The van der Waals surface area contributed by atoms with Gasteiger partial charge in [0.05, 0.1) is 60.6 Å². The Bertz CT molecular complexity index is 4200. The molecular formula is C90H131BrClFN14Na2O20. The molecule has 0 aromatic heterocycles. The summed E-state index contributed by atoms with van der Waals surface area (Å²) in [6, 6.07) is 50.3. The summed E-state index contributed by atoms with van der Waals surface area (Å²) in [7, 11) is -1.00. The van der Waals surface area contributed by atoms with Gasteiger partial charge < -0.3 is 111 Å². The van der Waals surface area contributed by atoms with E-state index in [0.29, 0.717) is 83.0 Å². The largest absolute Gasteiger partial charge is 1.00 e. The molecule has 6 amide bonds. The number of fused-ring (bicyclic) bond motifs is 9. The van der Waals surface area contributed by atoms with Crippen molar-refractivity contribution in [2.75, 3.05) is 144 Å². The van der Waals surface area contributed by atoms with Crippen LogP contribution in [0.25, 0.3) is 33.4 Å². The summed E-state index contributed by atoms with van der Waals surface area (Å²) in [4.78, 5) is 126. The first kappa shape index (κ1) is 118. The molecule has 4 saturated heterocycles. The van der Waals surface area contributed by atoms with Crippen LogP contribution in [-0.2, 0) is 71.7 Å². The number of rotatable bonds is 20. The Hall–Kier alpha value is -8.61. The number of carbonyl (C=O) groups excluding carboxylic acids is 11. The molecule has 7 atom stereocenters. The topological polar surface area (TPSA) is 502 Å². The van der Waals surface area contributed by atoms with Crippen LogP contribution in [0, 0.1) is 0 Å². The van der Waals surface area contributed by atoms with Gasteiger partial charge in [-0.15, -0.1) is 0 Å². The van der Waals surface area contributed by atoms with E-state index < -0.39 is 24.8 Å². The Balaban J connectivity index is 0. The van der Waals surface area contributed by atoms with Crippen LogP contribution in [0.4, 0.5) is 18.8 Å². The van der Waals surface area contributed by atoms with Crippen LogP contribution in [0.5, 0.6) is 0 Å². The molecule has 13 rings (SSSR count). The number of alkyl halides is 2. The van der Waals surface area contributed by atoms with Crippen molar-refractivity contribution in [3.63, 3.8) is 0 Å².